The van der Waals surface area contributed by atoms with Crippen LogP contribution in [0.3, 0.4) is 0 Å². The molecular formula is C23H28N2O2. The predicted octanol–water partition coefficient (Wildman–Crippen LogP) is 3.85. The lowest BCUT2D eigenvalue weighted by atomic mass is 9.79. The zero-order valence-electron chi connectivity index (χ0n) is 15.8. The van der Waals surface area contributed by atoms with Gasteiger partial charge in [0.2, 0.25) is 5.91 Å². The van der Waals surface area contributed by atoms with Crippen molar-refractivity contribution in [3.05, 3.63) is 66.1 Å². The summed E-state index contributed by atoms with van der Waals surface area (Å²) in [4.78, 5) is 17.2. The normalized spacial score (nSPS) is 23.5. The number of hydrogen-bond acceptors (Lipinski definition) is 3. The molecule has 1 aromatic carbocycles. The molecule has 1 atom stereocenters. The van der Waals surface area contributed by atoms with E-state index in [-0.39, 0.29) is 11.3 Å². The molecule has 1 amide bonds. The molecule has 27 heavy (non-hydrogen) atoms. The van der Waals surface area contributed by atoms with E-state index < -0.39 is 0 Å². The van der Waals surface area contributed by atoms with Crippen LogP contribution in [-0.2, 0) is 11.2 Å². The van der Waals surface area contributed by atoms with Crippen LogP contribution in [0.15, 0.2) is 59.2 Å². The number of carbonyl (C=O) groups is 1. The van der Waals surface area contributed by atoms with Crippen LogP contribution in [0, 0.1) is 5.41 Å². The van der Waals surface area contributed by atoms with Crippen molar-refractivity contribution in [2.75, 3.05) is 32.7 Å². The molecule has 0 radical (unpaired) electrons. The Morgan fingerprint density at radius 1 is 1.07 bits per heavy atom. The van der Waals surface area contributed by atoms with Crippen LogP contribution in [0.25, 0.3) is 6.08 Å². The molecular weight excluding hydrogens is 336 g/mol. The maximum absolute atomic E-state index is 12.5. The number of carbonyl (C=O) groups excluding carboxylic acids is 1. The minimum Gasteiger partial charge on any atom is -0.465 e. The van der Waals surface area contributed by atoms with E-state index >= 15 is 0 Å². The number of amides is 1. The van der Waals surface area contributed by atoms with Crippen LogP contribution in [0.5, 0.6) is 0 Å². The fourth-order valence-electron chi connectivity index (χ4n) is 4.53. The van der Waals surface area contributed by atoms with Crippen molar-refractivity contribution in [3.63, 3.8) is 0 Å². The predicted molar refractivity (Wildman–Crippen MR) is 107 cm³/mol. The summed E-state index contributed by atoms with van der Waals surface area (Å²) in [7, 11) is 0. The Labute approximate surface area is 161 Å². The minimum atomic E-state index is 0.102. The summed E-state index contributed by atoms with van der Waals surface area (Å²) in [5.41, 5.74) is 1.69. The fourth-order valence-corrected chi connectivity index (χ4v) is 4.53. The summed E-state index contributed by atoms with van der Waals surface area (Å²) in [6.45, 7) is 5.16. The van der Waals surface area contributed by atoms with Crippen LogP contribution in [0.1, 0.15) is 30.6 Å². The molecule has 4 nitrogen and oxygen atoms in total. The first kappa shape index (κ1) is 18.1. The number of benzene rings is 1. The van der Waals surface area contributed by atoms with Gasteiger partial charge in [0, 0.05) is 37.7 Å². The van der Waals surface area contributed by atoms with Gasteiger partial charge in [-0.05, 0) is 56.0 Å². The molecule has 2 aromatic rings. The molecule has 0 aliphatic carbocycles. The van der Waals surface area contributed by atoms with E-state index in [1.807, 2.05) is 17.0 Å². The van der Waals surface area contributed by atoms with Crippen LogP contribution < -0.4 is 0 Å². The van der Waals surface area contributed by atoms with Crippen molar-refractivity contribution in [2.24, 2.45) is 5.41 Å². The lowest BCUT2D eigenvalue weighted by Crippen LogP contribution is -2.45. The van der Waals surface area contributed by atoms with Gasteiger partial charge in [0.15, 0.2) is 0 Å². The first-order chi connectivity index (χ1) is 13.2. The van der Waals surface area contributed by atoms with Gasteiger partial charge in [0.25, 0.3) is 0 Å². The molecule has 3 heterocycles. The van der Waals surface area contributed by atoms with E-state index in [4.69, 9.17) is 4.42 Å². The van der Waals surface area contributed by atoms with Crippen molar-refractivity contribution >= 4 is 12.0 Å². The Kier molecular flexibility index (Phi) is 5.44. The largest absolute Gasteiger partial charge is 0.465 e. The van der Waals surface area contributed by atoms with Gasteiger partial charge in [-0.1, -0.05) is 30.3 Å². The van der Waals surface area contributed by atoms with Crippen molar-refractivity contribution in [2.45, 2.75) is 25.7 Å². The summed E-state index contributed by atoms with van der Waals surface area (Å²) in [6, 6.07) is 14.4. The zero-order chi connectivity index (χ0) is 18.5. The van der Waals surface area contributed by atoms with E-state index in [2.05, 4.69) is 35.2 Å². The molecule has 0 saturated carbocycles. The zero-order valence-corrected chi connectivity index (χ0v) is 15.8. The van der Waals surface area contributed by atoms with Gasteiger partial charge in [0.05, 0.1) is 6.26 Å². The van der Waals surface area contributed by atoms with Crippen molar-refractivity contribution in [1.29, 1.82) is 0 Å². The Balaban J connectivity index is 1.31. The first-order valence-corrected chi connectivity index (χ1v) is 9.99. The minimum absolute atomic E-state index is 0.102. The summed E-state index contributed by atoms with van der Waals surface area (Å²) >= 11 is 0. The third-order valence-electron chi connectivity index (χ3n) is 5.98. The van der Waals surface area contributed by atoms with Crippen LogP contribution in [-0.4, -0.2) is 48.4 Å². The highest BCUT2D eigenvalue weighted by Crippen LogP contribution is 2.39. The summed E-state index contributed by atoms with van der Waals surface area (Å²) in [5.74, 6) is 0.826. The molecule has 0 N–H and O–H groups in total. The number of rotatable bonds is 5. The number of nitrogens with zero attached hydrogens (tertiary/aromatic N) is 2. The number of likely N-dealkylation sites (tertiary alicyclic amines) is 2. The third-order valence-corrected chi connectivity index (χ3v) is 5.98. The van der Waals surface area contributed by atoms with Gasteiger partial charge in [-0.2, -0.15) is 0 Å². The average molecular weight is 364 g/mol. The fraction of sp³-hybridized carbons (Fsp3) is 0.435. The van der Waals surface area contributed by atoms with Crippen molar-refractivity contribution < 1.29 is 9.21 Å². The second-order valence-corrected chi connectivity index (χ2v) is 7.97. The van der Waals surface area contributed by atoms with Crippen molar-refractivity contribution in [3.8, 4) is 0 Å². The van der Waals surface area contributed by atoms with Gasteiger partial charge in [-0.3, -0.25) is 4.79 Å². The van der Waals surface area contributed by atoms with Crippen LogP contribution >= 0.6 is 0 Å². The van der Waals surface area contributed by atoms with Gasteiger partial charge in [-0.25, -0.2) is 0 Å². The monoisotopic (exact) mass is 364 g/mol. The quantitative estimate of drug-likeness (QED) is 0.756. The highest BCUT2D eigenvalue weighted by Gasteiger charge is 2.42. The van der Waals surface area contributed by atoms with Gasteiger partial charge in [0.1, 0.15) is 5.76 Å². The molecule has 2 saturated heterocycles. The smallest absolute Gasteiger partial charge is 0.246 e. The Morgan fingerprint density at radius 3 is 2.78 bits per heavy atom. The van der Waals surface area contributed by atoms with Gasteiger partial charge >= 0.3 is 0 Å². The van der Waals surface area contributed by atoms with Gasteiger partial charge < -0.3 is 14.2 Å². The second kappa shape index (κ2) is 8.13. The van der Waals surface area contributed by atoms with Crippen molar-refractivity contribution in [1.82, 2.24) is 9.80 Å². The molecule has 4 rings (SSSR count). The Morgan fingerprint density at radius 2 is 1.96 bits per heavy atom. The highest BCUT2D eigenvalue weighted by atomic mass is 16.3. The number of piperidine rings is 1. The maximum Gasteiger partial charge on any atom is 0.246 e. The van der Waals surface area contributed by atoms with E-state index in [0.29, 0.717) is 0 Å². The lowest BCUT2D eigenvalue weighted by molar-refractivity contribution is -0.125. The molecule has 4 heteroatoms. The number of furan rings is 1. The van der Waals surface area contributed by atoms with E-state index in [0.717, 1.165) is 44.8 Å². The summed E-state index contributed by atoms with van der Waals surface area (Å²) < 4.78 is 5.27. The van der Waals surface area contributed by atoms with Crippen LogP contribution in [0.2, 0.25) is 0 Å². The molecule has 2 aliphatic heterocycles. The highest BCUT2D eigenvalue weighted by molar-refractivity contribution is 5.91. The molecule has 142 valence electrons. The molecule has 0 bridgehead atoms. The van der Waals surface area contributed by atoms with E-state index in [1.165, 1.54) is 24.9 Å². The topological polar surface area (TPSA) is 36.7 Å². The third kappa shape index (κ3) is 4.51. The van der Waals surface area contributed by atoms with Gasteiger partial charge in [-0.15, -0.1) is 0 Å². The number of hydrogen-bond donors (Lipinski definition) is 0. The second-order valence-electron chi connectivity index (χ2n) is 7.97. The van der Waals surface area contributed by atoms with E-state index in [1.54, 1.807) is 18.4 Å². The molecule has 2 fully saturated rings. The molecule has 1 unspecified atom stereocenters. The Bertz CT molecular complexity index is 769. The molecule has 1 aromatic heterocycles. The molecule has 2 aliphatic rings. The summed E-state index contributed by atoms with van der Waals surface area (Å²) in [5, 5.41) is 0. The SMILES string of the molecule is O=C(/C=C/c1ccco1)N1CCC2(CCCN(CCc3ccccc3)C2)C1. The lowest BCUT2D eigenvalue weighted by Gasteiger charge is -2.40. The average Bonchev–Trinajstić information content (AvgIpc) is 3.36. The molecule has 1 spiro atoms. The first-order valence-electron chi connectivity index (χ1n) is 9.99. The standard InChI is InChI=1S/C23H28N2O2/c26-22(10-9-21-8-4-17-27-21)25-16-13-23(19-25)12-5-14-24(18-23)15-11-20-6-2-1-3-7-20/h1-4,6-10,17H,5,11-16,18-19H2/b10-9+. The maximum atomic E-state index is 12.5. The van der Waals surface area contributed by atoms with Crippen LogP contribution in [0.4, 0.5) is 0 Å². The Hall–Kier alpha value is -2.33. The summed E-state index contributed by atoms with van der Waals surface area (Å²) in [6.07, 6.45) is 9.73. The van der Waals surface area contributed by atoms with E-state index in [9.17, 15) is 4.79 Å².